The third-order valence-electron chi connectivity index (χ3n) is 7.62. The van der Waals surface area contributed by atoms with Crippen LogP contribution >= 0.6 is 0 Å². The predicted octanol–water partition coefficient (Wildman–Crippen LogP) is 7.24. The lowest BCUT2D eigenvalue weighted by atomic mass is 9.90. The number of amides is 3. The van der Waals surface area contributed by atoms with E-state index in [-0.39, 0.29) is 29.8 Å². The van der Waals surface area contributed by atoms with Crippen molar-refractivity contribution in [3.05, 3.63) is 34.9 Å². The highest BCUT2D eigenvalue weighted by molar-refractivity contribution is 5.93. The molecule has 0 bridgehead atoms. The molecule has 5 unspecified atom stereocenters. The van der Waals surface area contributed by atoms with Crippen LogP contribution in [0.15, 0.2) is 18.2 Å². The number of rotatable bonds is 14. The first-order valence-electron chi connectivity index (χ1n) is 15.2. The Morgan fingerprint density at radius 2 is 1.55 bits per heavy atom. The van der Waals surface area contributed by atoms with Crippen LogP contribution in [0.4, 0.5) is 4.79 Å². The van der Waals surface area contributed by atoms with Gasteiger partial charge in [0.2, 0.25) is 11.8 Å². The van der Waals surface area contributed by atoms with E-state index in [1.807, 2.05) is 59.7 Å². The van der Waals surface area contributed by atoms with Crippen LogP contribution in [0.3, 0.4) is 0 Å². The van der Waals surface area contributed by atoms with E-state index >= 15 is 0 Å². The first-order chi connectivity index (χ1) is 18.5. The summed E-state index contributed by atoms with van der Waals surface area (Å²) in [4.78, 5) is 43.4. The Morgan fingerprint density at radius 3 is 2.08 bits per heavy atom. The lowest BCUT2D eigenvalue weighted by Crippen LogP contribution is -2.58. The Bertz CT molecular complexity index is 969. The number of nitrogens with one attached hydrogen (secondary N) is 2. The highest BCUT2D eigenvalue weighted by Crippen LogP contribution is 2.32. The fourth-order valence-electron chi connectivity index (χ4n) is 4.91. The summed E-state index contributed by atoms with van der Waals surface area (Å²) in [6.07, 6.45) is 3.48. The van der Waals surface area contributed by atoms with Gasteiger partial charge in [0.15, 0.2) is 0 Å². The quantitative estimate of drug-likeness (QED) is 0.251. The highest BCUT2D eigenvalue weighted by Gasteiger charge is 2.41. The molecule has 0 saturated carbocycles. The minimum Gasteiger partial charge on any atom is -0.444 e. The molecule has 1 aromatic rings. The van der Waals surface area contributed by atoms with Crippen LogP contribution in [0, 0.1) is 25.7 Å². The first kappa shape index (κ1) is 35.5. The van der Waals surface area contributed by atoms with Gasteiger partial charge in [0, 0.05) is 12.1 Å². The van der Waals surface area contributed by atoms with Crippen LogP contribution in [0.25, 0.3) is 0 Å². The maximum atomic E-state index is 14.6. The Kier molecular flexibility index (Phi) is 14.2. The molecule has 0 spiro atoms. The zero-order chi connectivity index (χ0) is 30.8. The van der Waals surface area contributed by atoms with E-state index in [1.165, 1.54) is 0 Å². The number of aryl methyl sites for hydroxylation is 1. The monoisotopic (exact) mass is 559 g/mol. The molecule has 3 amide bonds. The number of carbonyl (C=O) groups is 3. The SMILES string of the molecule is CCCC(C)NC(=O)C(c1cccc(C)c1C)N(C(=O)C(NC(=O)OC(C)(C)C)C(C)CC)C(C)CCC(C)C. The smallest absolute Gasteiger partial charge is 0.408 e. The maximum Gasteiger partial charge on any atom is 0.408 e. The van der Waals surface area contributed by atoms with Crippen molar-refractivity contribution < 1.29 is 19.1 Å². The van der Waals surface area contributed by atoms with Crippen LogP contribution in [0.2, 0.25) is 0 Å². The topological polar surface area (TPSA) is 87.7 Å². The van der Waals surface area contributed by atoms with Crippen molar-refractivity contribution in [1.82, 2.24) is 15.5 Å². The van der Waals surface area contributed by atoms with E-state index in [0.29, 0.717) is 12.3 Å². The Labute approximate surface area is 244 Å². The minimum atomic E-state index is -0.838. The average Bonchev–Trinajstić information content (AvgIpc) is 2.84. The zero-order valence-corrected chi connectivity index (χ0v) is 27.3. The van der Waals surface area contributed by atoms with E-state index in [4.69, 9.17) is 4.74 Å². The van der Waals surface area contributed by atoms with Crippen molar-refractivity contribution in [2.24, 2.45) is 11.8 Å². The number of benzene rings is 1. The molecule has 0 saturated heterocycles. The predicted molar refractivity (Wildman–Crippen MR) is 164 cm³/mol. The molecular formula is C33H57N3O4. The summed E-state index contributed by atoms with van der Waals surface area (Å²) in [6, 6.07) is 3.98. The number of nitrogens with zero attached hydrogens (tertiary/aromatic N) is 1. The third-order valence-corrected chi connectivity index (χ3v) is 7.62. The number of hydrogen-bond donors (Lipinski definition) is 2. The van der Waals surface area contributed by atoms with E-state index < -0.39 is 23.8 Å². The molecule has 0 radical (unpaired) electrons. The molecule has 5 atom stereocenters. The molecular weight excluding hydrogens is 502 g/mol. The number of alkyl carbamates (subject to hydrolysis) is 1. The second-order valence-corrected chi connectivity index (χ2v) is 13.0. The summed E-state index contributed by atoms with van der Waals surface area (Å²) in [5.74, 6) is -0.177. The van der Waals surface area contributed by atoms with E-state index in [2.05, 4.69) is 31.4 Å². The van der Waals surface area contributed by atoms with Gasteiger partial charge >= 0.3 is 6.09 Å². The van der Waals surface area contributed by atoms with Gasteiger partial charge in [0.05, 0.1) is 0 Å². The molecule has 0 fully saturated rings. The second-order valence-electron chi connectivity index (χ2n) is 13.0. The fraction of sp³-hybridized carbons (Fsp3) is 0.727. The van der Waals surface area contributed by atoms with Crippen molar-refractivity contribution in [2.45, 2.75) is 145 Å². The Morgan fingerprint density at radius 1 is 0.925 bits per heavy atom. The number of carbonyl (C=O) groups excluding carboxylic acids is 3. The summed E-state index contributed by atoms with van der Waals surface area (Å²) >= 11 is 0. The van der Waals surface area contributed by atoms with E-state index in [9.17, 15) is 14.4 Å². The molecule has 0 aliphatic rings. The highest BCUT2D eigenvalue weighted by atomic mass is 16.6. The Hall–Kier alpha value is -2.57. The second kappa shape index (κ2) is 16.0. The van der Waals surface area contributed by atoms with Gasteiger partial charge in [-0.25, -0.2) is 4.79 Å². The van der Waals surface area contributed by atoms with Gasteiger partial charge in [-0.1, -0.05) is 65.7 Å². The standard InChI is InChI=1S/C33H57N3O4/c1-13-16-24(7)34-30(37)29(27-18-15-17-23(6)26(27)9)36(25(8)20-19-21(3)4)31(38)28(22(5)14-2)35-32(39)40-33(10,11)12/h15,17-18,21-22,24-25,28-29H,13-14,16,19-20H2,1-12H3,(H,34,37)(H,35,39). The van der Waals surface area contributed by atoms with Gasteiger partial charge < -0.3 is 20.3 Å². The van der Waals surface area contributed by atoms with Gasteiger partial charge in [0.25, 0.3) is 0 Å². The molecule has 0 aromatic heterocycles. The Balaban J connectivity index is 3.76. The molecule has 0 aliphatic heterocycles. The normalized spacial score (nSPS) is 15.5. The lowest BCUT2D eigenvalue weighted by Gasteiger charge is -2.40. The van der Waals surface area contributed by atoms with Gasteiger partial charge in [-0.05, 0) is 96.3 Å². The minimum absolute atomic E-state index is 0.0294. The molecule has 7 heteroatoms. The van der Waals surface area contributed by atoms with Crippen LogP contribution in [-0.4, -0.2) is 46.5 Å². The summed E-state index contributed by atoms with van der Waals surface area (Å²) in [7, 11) is 0. The van der Waals surface area contributed by atoms with Crippen LogP contribution in [0.1, 0.15) is 124 Å². The van der Waals surface area contributed by atoms with Crippen molar-refractivity contribution in [1.29, 1.82) is 0 Å². The van der Waals surface area contributed by atoms with Gasteiger partial charge in [0.1, 0.15) is 17.7 Å². The maximum absolute atomic E-state index is 14.6. The number of hydrogen-bond acceptors (Lipinski definition) is 4. The molecule has 1 aromatic carbocycles. The van der Waals surface area contributed by atoms with Gasteiger partial charge in [-0.3, -0.25) is 9.59 Å². The van der Waals surface area contributed by atoms with Gasteiger partial charge in [-0.15, -0.1) is 0 Å². The molecule has 2 N–H and O–H groups in total. The van der Waals surface area contributed by atoms with Crippen LogP contribution in [0.5, 0.6) is 0 Å². The largest absolute Gasteiger partial charge is 0.444 e. The zero-order valence-electron chi connectivity index (χ0n) is 27.3. The fourth-order valence-corrected chi connectivity index (χ4v) is 4.91. The van der Waals surface area contributed by atoms with Crippen molar-refractivity contribution >= 4 is 17.9 Å². The van der Waals surface area contributed by atoms with Crippen molar-refractivity contribution in [3.63, 3.8) is 0 Å². The summed E-state index contributed by atoms with van der Waals surface area (Å²) in [6.45, 7) is 23.8. The van der Waals surface area contributed by atoms with Crippen molar-refractivity contribution in [3.8, 4) is 0 Å². The van der Waals surface area contributed by atoms with E-state index in [0.717, 1.165) is 42.4 Å². The van der Waals surface area contributed by atoms with Gasteiger partial charge in [-0.2, -0.15) is 0 Å². The lowest BCUT2D eigenvalue weighted by molar-refractivity contribution is -0.146. The molecule has 0 aliphatic carbocycles. The summed E-state index contributed by atoms with van der Waals surface area (Å²) < 4.78 is 5.54. The number of ether oxygens (including phenoxy) is 1. The molecule has 228 valence electrons. The molecule has 0 heterocycles. The summed E-state index contributed by atoms with van der Waals surface area (Å²) in [5.41, 5.74) is 2.16. The van der Waals surface area contributed by atoms with E-state index in [1.54, 1.807) is 25.7 Å². The molecule has 40 heavy (non-hydrogen) atoms. The molecule has 7 nitrogen and oxygen atoms in total. The average molecular weight is 560 g/mol. The van der Waals surface area contributed by atoms with Crippen molar-refractivity contribution in [2.75, 3.05) is 0 Å². The van der Waals surface area contributed by atoms with Crippen LogP contribution < -0.4 is 10.6 Å². The van der Waals surface area contributed by atoms with Crippen LogP contribution in [-0.2, 0) is 14.3 Å². The first-order valence-corrected chi connectivity index (χ1v) is 15.2. The summed E-state index contributed by atoms with van der Waals surface area (Å²) in [5, 5.41) is 6.06. The molecule has 1 rings (SSSR count). The third kappa shape index (κ3) is 10.8.